The molecule has 0 aliphatic carbocycles. The number of nitrogens with zero attached hydrogens (tertiary/aromatic N) is 2. The van der Waals surface area contributed by atoms with Gasteiger partial charge in [-0.3, -0.25) is 9.78 Å². The Hall–Kier alpha value is -2.62. The molecule has 1 amide bonds. The van der Waals surface area contributed by atoms with Crippen LogP contribution < -0.4 is 5.32 Å². The first kappa shape index (κ1) is 12.4. The summed E-state index contributed by atoms with van der Waals surface area (Å²) in [4.78, 5) is 16.3. The van der Waals surface area contributed by atoms with E-state index in [1.165, 1.54) is 0 Å². The third-order valence-corrected chi connectivity index (χ3v) is 3.32. The highest BCUT2D eigenvalue weighted by Gasteiger charge is 2.12. The van der Waals surface area contributed by atoms with Crippen molar-refractivity contribution in [3.63, 3.8) is 0 Å². The summed E-state index contributed by atoms with van der Waals surface area (Å²) in [5.74, 6) is -0.0642. The number of carbonyl (C=O) groups is 1. The first-order chi connectivity index (χ1) is 9.75. The highest BCUT2D eigenvalue weighted by molar-refractivity contribution is 6.06. The number of hydrogen-bond donors (Lipinski definition) is 1. The number of pyridine rings is 1. The minimum absolute atomic E-state index is 0.0642. The first-order valence-corrected chi connectivity index (χ1v) is 6.47. The quantitative estimate of drug-likeness (QED) is 0.791. The number of hydrogen-bond acceptors (Lipinski definition) is 2. The van der Waals surface area contributed by atoms with Gasteiger partial charge in [-0.2, -0.15) is 0 Å². The maximum Gasteiger partial charge on any atom is 0.253 e. The normalized spacial score (nSPS) is 10.7. The van der Waals surface area contributed by atoms with E-state index in [9.17, 15) is 4.79 Å². The summed E-state index contributed by atoms with van der Waals surface area (Å²) >= 11 is 0. The lowest BCUT2D eigenvalue weighted by molar-refractivity contribution is 0.0952. The van der Waals surface area contributed by atoms with E-state index in [1.807, 2.05) is 54.2 Å². The van der Waals surface area contributed by atoms with E-state index >= 15 is 0 Å². The van der Waals surface area contributed by atoms with Crippen LogP contribution in [-0.2, 0) is 13.6 Å². The van der Waals surface area contributed by atoms with Crippen LogP contribution in [0.15, 0.2) is 55.0 Å². The standard InChI is InChI=1S/C16H15N3O/c1-19-11-14(13-6-2-3-7-15(13)19)16(20)18-10-12-5-4-8-17-9-12/h2-9,11H,10H2,1H3,(H,18,20). The second-order valence-corrected chi connectivity index (χ2v) is 4.71. The smallest absolute Gasteiger partial charge is 0.253 e. The second-order valence-electron chi connectivity index (χ2n) is 4.71. The monoisotopic (exact) mass is 265 g/mol. The van der Waals surface area contributed by atoms with Crippen LogP contribution >= 0.6 is 0 Å². The van der Waals surface area contributed by atoms with E-state index in [2.05, 4.69) is 10.3 Å². The molecule has 4 heteroatoms. The number of para-hydroxylation sites is 1. The third kappa shape index (κ3) is 2.28. The van der Waals surface area contributed by atoms with E-state index in [0.29, 0.717) is 12.1 Å². The lowest BCUT2D eigenvalue weighted by Gasteiger charge is -2.03. The molecular formula is C16H15N3O. The molecule has 0 saturated carbocycles. The van der Waals surface area contributed by atoms with Gasteiger partial charge in [0.15, 0.2) is 0 Å². The SMILES string of the molecule is Cn1cc(C(=O)NCc2cccnc2)c2ccccc21. The Morgan fingerprint density at radius 3 is 2.90 bits per heavy atom. The molecule has 0 unspecified atom stereocenters. The van der Waals surface area contributed by atoms with Gasteiger partial charge in [0.2, 0.25) is 0 Å². The zero-order valence-electron chi connectivity index (χ0n) is 11.2. The molecule has 1 aromatic carbocycles. The summed E-state index contributed by atoms with van der Waals surface area (Å²) < 4.78 is 1.97. The molecule has 2 aromatic heterocycles. The van der Waals surface area contributed by atoms with Crippen molar-refractivity contribution >= 4 is 16.8 Å². The summed E-state index contributed by atoms with van der Waals surface area (Å²) in [6, 6.07) is 11.7. The van der Waals surface area contributed by atoms with Crippen molar-refractivity contribution in [1.29, 1.82) is 0 Å². The Morgan fingerprint density at radius 2 is 2.10 bits per heavy atom. The molecule has 20 heavy (non-hydrogen) atoms. The van der Waals surface area contributed by atoms with Crippen LogP contribution in [0.2, 0.25) is 0 Å². The topological polar surface area (TPSA) is 46.9 Å². The van der Waals surface area contributed by atoms with Gasteiger partial charge in [0.25, 0.3) is 5.91 Å². The zero-order valence-corrected chi connectivity index (χ0v) is 11.2. The molecule has 2 heterocycles. The van der Waals surface area contributed by atoms with Gasteiger partial charge >= 0.3 is 0 Å². The highest BCUT2D eigenvalue weighted by Crippen LogP contribution is 2.20. The number of rotatable bonds is 3. The molecule has 0 aliphatic heterocycles. The Balaban J connectivity index is 1.83. The molecule has 0 atom stereocenters. The summed E-state index contributed by atoms with van der Waals surface area (Å²) in [6.45, 7) is 0.482. The van der Waals surface area contributed by atoms with E-state index in [1.54, 1.807) is 12.4 Å². The van der Waals surface area contributed by atoms with Gasteiger partial charge in [-0.1, -0.05) is 24.3 Å². The lowest BCUT2D eigenvalue weighted by Crippen LogP contribution is -2.22. The average Bonchev–Trinajstić information content (AvgIpc) is 2.84. The fraction of sp³-hybridized carbons (Fsp3) is 0.125. The number of nitrogens with one attached hydrogen (secondary N) is 1. The molecule has 1 N–H and O–H groups in total. The van der Waals surface area contributed by atoms with Crippen LogP contribution in [-0.4, -0.2) is 15.5 Å². The third-order valence-electron chi connectivity index (χ3n) is 3.32. The first-order valence-electron chi connectivity index (χ1n) is 6.47. The minimum Gasteiger partial charge on any atom is -0.350 e. The molecule has 3 rings (SSSR count). The maximum absolute atomic E-state index is 12.3. The molecule has 0 fully saturated rings. The van der Waals surface area contributed by atoms with Crippen LogP contribution in [0.3, 0.4) is 0 Å². The number of aromatic nitrogens is 2. The van der Waals surface area contributed by atoms with Gasteiger partial charge in [-0.15, -0.1) is 0 Å². The highest BCUT2D eigenvalue weighted by atomic mass is 16.1. The second kappa shape index (κ2) is 5.17. The van der Waals surface area contributed by atoms with Crippen molar-refractivity contribution in [2.45, 2.75) is 6.54 Å². The molecular weight excluding hydrogens is 250 g/mol. The average molecular weight is 265 g/mol. The zero-order chi connectivity index (χ0) is 13.9. The summed E-state index contributed by atoms with van der Waals surface area (Å²) in [5, 5.41) is 3.90. The molecule has 0 aliphatic rings. The fourth-order valence-corrected chi connectivity index (χ4v) is 2.30. The summed E-state index contributed by atoms with van der Waals surface area (Å²) in [6.07, 6.45) is 5.34. The van der Waals surface area contributed by atoms with Crippen molar-refractivity contribution < 1.29 is 4.79 Å². The summed E-state index contributed by atoms with van der Waals surface area (Å²) in [5.41, 5.74) is 2.74. The van der Waals surface area contributed by atoms with Crippen molar-refractivity contribution in [1.82, 2.24) is 14.9 Å². The Kier molecular flexibility index (Phi) is 3.21. The van der Waals surface area contributed by atoms with E-state index < -0.39 is 0 Å². The summed E-state index contributed by atoms with van der Waals surface area (Å²) in [7, 11) is 1.94. The Morgan fingerprint density at radius 1 is 1.25 bits per heavy atom. The number of carbonyl (C=O) groups excluding carboxylic acids is 1. The Bertz CT molecular complexity index is 747. The molecule has 0 radical (unpaired) electrons. The molecule has 0 saturated heterocycles. The van der Waals surface area contributed by atoms with Crippen LogP contribution in [0.1, 0.15) is 15.9 Å². The van der Waals surface area contributed by atoms with Gasteiger partial charge < -0.3 is 9.88 Å². The van der Waals surface area contributed by atoms with Gasteiger partial charge in [-0.05, 0) is 17.7 Å². The van der Waals surface area contributed by atoms with E-state index in [-0.39, 0.29) is 5.91 Å². The van der Waals surface area contributed by atoms with Crippen molar-refractivity contribution in [2.24, 2.45) is 7.05 Å². The molecule has 0 bridgehead atoms. The van der Waals surface area contributed by atoms with Crippen LogP contribution in [0.5, 0.6) is 0 Å². The van der Waals surface area contributed by atoms with Crippen molar-refractivity contribution in [3.05, 3.63) is 66.1 Å². The lowest BCUT2D eigenvalue weighted by atomic mass is 10.1. The molecule has 0 spiro atoms. The van der Waals surface area contributed by atoms with Gasteiger partial charge in [0.05, 0.1) is 5.56 Å². The molecule has 4 nitrogen and oxygen atoms in total. The minimum atomic E-state index is -0.0642. The van der Waals surface area contributed by atoms with Crippen LogP contribution in [0.4, 0.5) is 0 Å². The number of amides is 1. The predicted octanol–water partition coefficient (Wildman–Crippen LogP) is 2.50. The van der Waals surface area contributed by atoms with Crippen molar-refractivity contribution in [2.75, 3.05) is 0 Å². The van der Waals surface area contributed by atoms with E-state index in [0.717, 1.165) is 16.5 Å². The van der Waals surface area contributed by atoms with Gasteiger partial charge in [-0.25, -0.2) is 0 Å². The molecule has 100 valence electrons. The predicted molar refractivity (Wildman–Crippen MR) is 78.3 cm³/mol. The van der Waals surface area contributed by atoms with E-state index in [4.69, 9.17) is 0 Å². The number of aryl methyl sites for hydroxylation is 1. The number of fused-ring (bicyclic) bond motifs is 1. The van der Waals surface area contributed by atoms with Gasteiger partial charge in [0, 0.05) is 43.1 Å². The maximum atomic E-state index is 12.3. The van der Waals surface area contributed by atoms with Crippen LogP contribution in [0, 0.1) is 0 Å². The number of benzene rings is 1. The fourth-order valence-electron chi connectivity index (χ4n) is 2.30. The van der Waals surface area contributed by atoms with Crippen LogP contribution in [0.25, 0.3) is 10.9 Å². The largest absolute Gasteiger partial charge is 0.350 e. The van der Waals surface area contributed by atoms with Gasteiger partial charge in [0.1, 0.15) is 0 Å². The Labute approximate surface area is 117 Å². The van der Waals surface area contributed by atoms with Crippen molar-refractivity contribution in [3.8, 4) is 0 Å². The molecule has 3 aromatic rings.